The van der Waals surface area contributed by atoms with Crippen LogP contribution in [0.25, 0.3) is 0 Å². The van der Waals surface area contributed by atoms with E-state index in [2.05, 4.69) is 104 Å². The molecule has 1 saturated heterocycles. The Bertz CT molecular complexity index is 1400. The highest BCUT2D eigenvalue weighted by Crippen LogP contribution is 2.23. The van der Waals surface area contributed by atoms with Crippen LogP contribution in [0.3, 0.4) is 0 Å². The molecule has 69 heavy (non-hydrogen) atoms. The highest BCUT2D eigenvalue weighted by atomic mass is 16.7. The van der Waals surface area contributed by atoms with Crippen LogP contribution in [0.2, 0.25) is 0 Å². The molecule has 0 radical (unpaired) electrons. The molecule has 0 aromatic rings. The summed E-state index contributed by atoms with van der Waals surface area (Å²) in [7, 11) is 0. The van der Waals surface area contributed by atoms with E-state index in [4.69, 9.17) is 9.47 Å². The molecule has 1 amide bonds. The van der Waals surface area contributed by atoms with Crippen molar-refractivity contribution in [3.63, 3.8) is 0 Å². The lowest BCUT2D eigenvalue weighted by Crippen LogP contribution is -2.60. The van der Waals surface area contributed by atoms with Crippen LogP contribution in [-0.4, -0.2) is 87.5 Å². The second kappa shape index (κ2) is 48.7. The summed E-state index contributed by atoms with van der Waals surface area (Å²) in [4.78, 5) is 13.0. The Balaban J connectivity index is 2.31. The van der Waals surface area contributed by atoms with Gasteiger partial charge in [0.1, 0.15) is 24.4 Å². The maximum absolute atomic E-state index is 13.0. The van der Waals surface area contributed by atoms with Gasteiger partial charge in [0.05, 0.1) is 25.4 Å². The van der Waals surface area contributed by atoms with Crippen molar-refractivity contribution in [2.45, 2.75) is 262 Å². The van der Waals surface area contributed by atoms with Crippen LogP contribution in [0, 0.1) is 0 Å². The Hall–Kier alpha value is -2.89. The molecule has 7 atom stereocenters. The third kappa shape index (κ3) is 38.5. The Labute approximate surface area is 422 Å². The summed E-state index contributed by atoms with van der Waals surface area (Å²) in [6.07, 6.45) is 63.2. The smallest absolute Gasteiger partial charge is 0.220 e. The Morgan fingerprint density at radius 1 is 0.507 bits per heavy atom. The van der Waals surface area contributed by atoms with E-state index < -0.39 is 49.5 Å². The van der Waals surface area contributed by atoms with E-state index in [1.165, 1.54) is 103 Å². The van der Waals surface area contributed by atoms with Gasteiger partial charge in [-0.25, -0.2) is 0 Å². The van der Waals surface area contributed by atoms with Crippen molar-refractivity contribution in [3.05, 3.63) is 97.2 Å². The number of rotatable bonds is 46. The van der Waals surface area contributed by atoms with Gasteiger partial charge < -0.3 is 40.3 Å². The molecular formula is C60H103NO8. The number of amides is 1. The SMILES string of the molecule is CC/C=C\C/C=C\C/C=C\C/C=C\C/C=C\CCCCCCCCCC(=O)NC(COC1OC(CO)C(O)C(O)C1O)C(O)/C=C/CC/C=C/CC/C=C/CCCCCCCCCCCCCCC. The van der Waals surface area contributed by atoms with Gasteiger partial charge in [-0.05, 0) is 89.9 Å². The topological polar surface area (TPSA) is 149 Å². The zero-order chi connectivity index (χ0) is 50.1. The van der Waals surface area contributed by atoms with Crippen molar-refractivity contribution < 1.29 is 39.8 Å². The van der Waals surface area contributed by atoms with E-state index in [0.29, 0.717) is 6.42 Å². The van der Waals surface area contributed by atoms with E-state index in [-0.39, 0.29) is 12.5 Å². The fraction of sp³-hybridized carbons (Fsp3) is 0.717. The number of hydrogen-bond donors (Lipinski definition) is 6. The number of aliphatic hydroxyl groups is 5. The second-order valence-electron chi connectivity index (χ2n) is 19.0. The molecule has 9 nitrogen and oxygen atoms in total. The lowest BCUT2D eigenvalue weighted by atomic mass is 9.99. The fourth-order valence-corrected chi connectivity index (χ4v) is 8.21. The van der Waals surface area contributed by atoms with Crippen LogP contribution in [0.4, 0.5) is 0 Å². The zero-order valence-corrected chi connectivity index (χ0v) is 43.8. The summed E-state index contributed by atoms with van der Waals surface area (Å²) < 4.78 is 11.2. The minimum atomic E-state index is -1.58. The molecule has 9 heteroatoms. The predicted octanol–water partition coefficient (Wildman–Crippen LogP) is 13.6. The average Bonchev–Trinajstić information content (AvgIpc) is 3.35. The monoisotopic (exact) mass is 966 g/mol. The molecule has 1 heterocycles. The highest BCUT2D eigenvalue weighted by molar-refractivity contribution is 5.76. The first-order chi connectivity index (χ1) is 33.8. The molecule has 0 aromatic carbocycles. The molecule has 0 saturated carbocycles. The number of allylic oxidation sites excluding steroid dienone is 15. The molecule has 0 bridgehead atoms. The minimum Gasteiger partial charge on any atom is -0.394 e. The molecule has 1 rings (SSSR count). The van der Waals surface area contributed by atoms with E-state index in [9.17, 15) is 30.3 Å². The lowest BCUT2D eigenvalue weighted by Gasteiger charge is -2.40. The van der Waals surface area contributed by atoms with E-state index >= 15 is 0 Å². The predicted molar refractivity (Wildman–Crippen MR) is 290 cm³/mol. The third-order valence-corrected chi connectivity index (χ3v) is 12.6. The van der Waals surface area contributed by atoms with Gasteiger partial charge in [-0.3, -0.25) is 4.79 Å². The van der Waals surface area contributed by atoms with Crippen LogP contribution in [0.5, 0.6) is 0 Å². The molecule has 396 valence electrons. The van der Waals surface area contributed by atoms with Crippen molar-refractivity contribution in [3.8, 4) is 0 Å². The van der Waals surface area contributed by atoms with Gasteiger partial charge >= 0.3 is 0 Å². The number of aliphatic hydroxyl groups excluding tert-OH is 5. The summed E-state index contributed by atoms with van der Waals surface area (Å²) in [5.74, 6) is -0.205. The van der Waals surface area contributed by atoms with Crippen LogP contribution in [0.15, 0.2) is 97.2 Å². The van der Waals surface area contributed by atoms with Crippen LogP contribution in [-0.2, 0) is 14.3 Å². The minimum absolute atomic E-state index is 0.205. The van der Waals surface area contributed by atoms with E-state index in [1.54, 1.807) is 6.08 Å². The van der Waals surface area contributed by atoms with Crippen molar-refractivity contribution in [1.29, 1.82) is 0 Å². The van der Waals surface area contributed by atoms with Crippen molar-refractivity contribution in [1.82, 2.24) is 5.32 Å². The summed E-state index contributed by atoms with van der Waals surface area (Å²) >= 11 is 0. The number of unbranched alkanes of at least 4 members (excludes halogenated alkanes) is 22. The van der Waals surface area contributed by atoms with E-state index in [1.807, 2.05) is 6.08 Å². The summed E-state index contributed by atoms with van der Waals surface area (Å²) in [5, 5.41) is 54.4. The normalized spacial score (nSPS) is 20.2. The molecule has 0 aliphatic carbocycles. The summed E-state index contributed by atoms with van der Waals surface area (Å²) in [6.45, 7) is 3.64. The highest BCUT2D eigenvalue weighted by Gasteiger charge is 2.44. The summed E-state index contributed by atoms with van der Waals surface area (Å²) in [5.41, 5.74) is 0. The number of nitrogens with one attached hydrogen (secondary N) is 1. The third-order valence-electron chi connectivity index (χ3n) is 12.6. The first-order valence-corrected chi connectivity index (χ1v) is 28.0. The van der Waals surface area contributed by atoms with Gasteiger partial charge in [0.15, 0.2) is 6.29 Å². The molecule has 7 unspecified atom stereocenters. The van der Waals surface area contributed by atoms with Gasteiger partial charge in [0.2, 0.25) is 5.91 Å². The molecule has 0 aromatic heterocycles. The molecule has 1 aliphatic heterocycles. The fourth-order valence-electron chi connectivity index (χ4n) is 8.21. The van der Waals surface area contributed by atoms with Crippen molar-refractivity contribution in [2.75, 3.05) is 13.2 Å². The molecular weight excluding hydrogens is 863 g/mol. The molecule has 0 spiro atoms. The standard InChI is InChI=1S/C60H103NO8/c1-3-5-7-9-11-13-15-17-19-21-23-25-27-29-31-33-35-37-39-41-43-45-47-49-54(63)53(52-68-60-59(67)58(66)57(65)55(51-62)69-60)61-56(64)50-48-46-44-42-40-38-36-34-32-30-28-26-24-22-20-18-16-14-12-10-8-6-4-2/h6,8,12,14,18,20,24,26,30-33,39,41,47,49,53-55,57-60,62-63,65-67H,3-5,7,9-11,13,15-17,19,21-23,25,27-29,34-38,40,42-46,48,50-52H2,1-2H3,(H,61,64)/b8-6-,14-12-,20-18-,26-24-,32-30-,33-31+,41-39+,49-47+. The second-order valence-corrected chi connectivity index (χ2v) is 19.0. The summed E-state index contributed by atoms with van der Waals surface area (Å²) in [6, 6.07) is -0.842. The van der Waals surface area contributed by atoms with Gasteiger partial charge in [-0.2, -0.15) is 0 Å². The quantitative estimate of drug-likeness (QED) is 0.0261. The largest absolute Gasteiger partial charge is 0.394 e. The van der Waals surface area contributed by atoms with Gasteiger partial charge in [0, 0.05) is 6.42 Å². The van der Waals surface area contributed by atoms with Crippen LogP contribution in [0.1, 0.15) is 219 Å². The number of carbonyl (C=O) groups is 1. The lowest BCUT2D eigenvalue weighted by molar-refractivity contribution is -0.302. The van der Waals surface area contributed by atoms with E-state index in [0.717, 1.165) is 96.3 Å². The molecule has 6 N–H and O–H groups in total. The number of carbonyl (C=O) groups excluding carboxylic acids is 1. The number of ether oxygens (including phenoxy) is 2. The molecule has 1 fully saturated rings. The van der Waals surface area contributed by atoms with Crippen LogP contribution < -0.4 is 5.32 Å². The first kappa shape index (κ1) is 64.1. The van der Waals surface area contributed by atoms with Crippen molar-refractivity contribution >= 4 is 5.91 Å². The van der Waals surface area contributed by atoms with Gasteiger partial charge in [-0.15, -0.1) is 0 Å². The molecule has 1 aliphatic rings. The Morgan fingerprint density at radius 2 is 0.913 bits per heavy atom. The Morgan fingerprint density at radius 3 is 1.39 bits per heavy atom. The van der Waals surface area contributed by atoms with Gasteiger partial charge in [0.25, 0.3) is 0 Å². The van der Waals surface area contributed by atoms with Crippen molar-refractivity contribution in [2.24, 2.45) is 0 Å². The van der Waals surface area contributed by atoms with Crippen LogP contribution >= 0.6 is 0 Å². The first-order valence-electron chi connectivity index (χ1n) is 28.0. The average molecular weight is 966 g/mol. The maximum Gasteiger partial charge on any atom is 0.220 e. The maximum atomic E-state index is 13.0. The van der Waals surface area contributed by atoms with Gasteiger partial charge in [-0.1, -0.05) is 220 Å². The zero-order valence-electron chi connectivity index (χ0n) is 43.8. The number of hydrogen-bond acceptors (Lipinski definition) is 8. The Kier molecular flexibility index (Phi) is 45.3.